The molecule has 0 bridgehead atoms. The Labute approximate surface area is 142 Å². The maximum Gasteiger partial charge on any atom is 0.276 e. The van der Waals surface area contributed by atoms with E-state index in [9.17, 15) is 4.79 Å². The SMILES string of the molecule is CN(C(=O)c1cc(C2CC2)on1)[C@H]1CCN(Cc2ccccc2)C1. The fourth-order valence-electron chi connectivity index (χ4n) is 3.41. The van der Waals surface area contributed by atoms with Crippen LogP contribution in [0.15, 0.2) is 40.9 Å². The molecular weight excluding hydrogens is 302 g/mol. The van der Waals surface area contributed by atoms with Crippen LogP contribution in [0.1, 0.15) is 47.0 Å². The van der Waals surface area contributed by atoms with Crippen LogP contribution < -0.4 is 0 Å². The Morgan fingerprint density at radius 3 is 2.83 bits per heavy atom. The molecule has 0 radical (unpaired) electrons. The molecule has 1 aromatic heterocycles. The lowest BCUT2D eigenvalue weighted by Gasteiger charge is -2.24. The monoisotopic (exact) mass is 325 g/mol. The highest BCUT2D eigenvalue weighted by Gasteiger charge is 2.32. The summed E-state index contributed by atoms with van der Waals surface area (Å²) in [5, 5.41) is 3.98. The number of hydrogen-bond acceptors (Lipinski definition) is 4. The van der Waals surface area contributed by atoms with E-state index >= 15 is 0 Å². The van der Waals surface area contributed by atoms with Gasteiger partial charge in [0.1, 0.15) is 5.76 Å². The first-order chi connectivity index (χ1) is 11.7. The van der Waals surface area contributed by atoms with Gasteiger partial charge in [0.2, 0.25) is 0 Å². The maximum absolute atomic E-state index is 12.6. The van der Waals surface area contributed by atoms with Gasteiger partial charge in [0, 0.05) is 44.7 Å². The number of benzene rings is 1. The first-order valence-corrected chi connectivity index (χ1v) is 8.71. The smallest absolute Gasteiger partial charge is 0.276 e. The summed E-state index contributed by atoms with van der Waals surface area (Å²) < 4.78 is 5.31. The van der Waals surface area contributed by atoms with Crippen molar-refractivity contribution < 1.29 is 9.32 Å². The molecule has 1 saturated carbocycles. The largest absolute Gasteiger partial charge is 0.360 e. The van der Waals surface area contributed by atoms with Crippen LogP contribution in [0.5, 0.6) is 0 Å². The quantitative estimate of drug-likeness (QED) is 0.848. The van der Waals surface area contributed by atoms with Crippen molar-refractivity contribution in [2.24, 2.45) is 0 Å². The minimum absolute atomic E-state index is 0.0304. The van der Waals surface area contributed by atoms with E-state index in [1.807, 2.05) is 24.1 Å². The minimum atomic E-state index is -0.0304. The van der Waals surface area contributed by atoms with Gasteiger partial charge in [-0.25, -0.2) is 0 Å². The molecule has 2 heterocycles. The van der Waals surface area contributed by atoms with E-state index in [4.69, 9.17) is 4.52 Å². The summed E-state index contributed by atoms with van der Waals surface area (Å²) in [7, 11) is 1.88. The van der Waals surface area contributed by atoms with Crippen molar-refractivity contribution in [3.05, 3.63) is 53.4 Å². The van der Waals surface area contributed by atoms with Crippen LogP contribution in [0.3, 0.4) is 0 Å². The zero-order valence-corrected chi connectivity index (χ0v) is 14.0. The molecule has 1 saturated heterocycles. The van der Waals surface area contributed by atoms with Gasteiger partial charge < -0.3 is 9.42 Å². The Bertz CT molecular complexity index is 708. The van der Waals surface area contributed by atoms with E-state index < -0.39 is 0 Å². The molecule has 5 nitrogen and oxygen atoms in total. The minimum Gasteiger partial charge on any atom is -0.360 e. The second-order valence-corrected chi connectivity index (χ2v) is 6.97. The number of rotatable bonds is 5. The molecule has 1 aliphatic heterocycles. The molecule has 126 valence electrons. The molecule has 0 spiro atoms. The van der Waals surface area contributed by atoms with E-state index in [1.54, 1.807) is 0 Å². The molecule has 5 heteroatoms. The van der Waals surface area contributed by atoms with Crippen LogP contribution in [0.4, 0.5) is 0 Å². The average Bonchev–Trinajstić information content (AvgIpc) is 3.16. The predicted molar refractivity (Wildman–Crippen MR) is 90.7 cm³/mol. The summed E-state index contributed by atoms with van der Waals surface area (Å²) in [6.45, 7) is 2.86. The number of amides is 1. The molecule has 1 atom stereocenters. The van der Waals surface area contributed by atoms with Crippen LogP contribution in [-0.4, -0.2) is 47.0 Å². The summed E-state index contributed by atoms with van der Waals surface area (Å²) in [4.78, 5) is 16.9. The number of carbonyl (C=O) groups is 1. The van der Waals surface area contributed by atoms with E-state index in [-0.39, 0.29) is 11.9 Å². The first-order valence-electron chi connectivity index (χ1n) is 8.71. The third kappa shape index (κ3) is 3.22. The van der Waals surface area contributed by atoms with Crippen molar-refractivity contribution in [3.63, 3.8) is 0 Å². The number of carbonyl (C=O) groups excluding carboxylic acids is 1. The van der Waals surface area contributed by atoms with Crippen molar-refractivity contribution in [3.8, 4) is 0 Å². The molecule has 1 amide bonds. The fraction of sp³-hybridized carbons (Fsp3) is 0.474. The Kier molecular flexibility index (Phi) is 4.10. The highest BCUT2D eigenvalue weighted by molar-refractivity contribution is 5.92. The lowest BCUT2D eigenvalue weighted by atomic mass is 10.2. The van der Waals surface area contributed by atoms with Gasteiger partial charge in [-0.15, -0.1) is 0 Å². The molecule has 2 aliphatic rings. The standard InChI is InChI=1S/C19H23N3O2/c1-21(19(23)17-11-18(24-20-17)15-7-8-15)16-9-10-22(13-16)12-14-5-3-2-4-6-14/h2-6,11,15-16H,7-10,12-13H2,1H3/t16-/m0/s1. The average molecular weight is 325 g/mol. The third-order valence-corrected chi connectivity index (χ3v) is 5.09. The van der Waals surface area contributed by atoms with E-state index in [0.717, 1.165) is 44.7 Å². The highest BCUT2D eigenvalue weighted by Crippen LogP contribution is 2.40. The predicted octanol–water partition coefficient (Wildman–Crippen LogP) is 2.90. The molecule has 0 unspecified atom stereocenters. The van der Waals surface area contributed by atoms with Gasteiger partial charge in [-0.1, -0.05) is 35.5 Å². The van der Waals surface area contributed by atoms with Crippen LogP contribution in [0.2, 0.25) is 0 Å². The van der Waals surface area contributed by atoms with Gasteiger partial charge in [0.15, 0.2) is 5.69 Å². The van der Waals surface area contributed by atoms with E-state index in [2.05, 4.69) is 34.3 Å². The van der Waals surface area contributed by atoms with Crippen molar-refractivity contribution >= 4 is 5.91 Å². The maximum atomic E-state index is 12.6. The van der Waals surface area contributed by atoms with Gasteiger partial charge in [0.05, 0.1) is 0 Å². The van der Waals surface area contributed by atoms with Gasteiger partial charge in [-0.2, -0.15) is 0 Å². The third-order valence-electron chi connectivity index (χ3n) is 5.09. The first kappa shape index (κ1) is 15.4. The molecule has 0 N–H and O–H groups in total. The van der Waals surface area contributed by atoms with Gasteiger partial charge in [-0.05, 0) is 24.8 Å². The molecule has 4 rings (SSSR count). The van der Waals surface area contributed by atoms with Crippen LogP contribution >= 0.6 is 0 Å². The van der Waals surface area contributed by atoms with Crippen molar-refractivity contribution in [2.75, 3.05) is 20.1 Å². The van der Waals surface area contributed by atoms with Crippen LogP contribution in [-0.2, 0) is 6.54 Å². The summed E-state index contributed by atoms with van der Waals surface area (Å²) in [5.74, 6) is 1.32. The zero-order valence-electron chi connectivity index (χ0n) is 14.0. The van der Waals surface area contributed by atoms with Gasteiger partial charge in [-0.3, -0.25) is 9.69 Å². The number of likely N-dealkylation sites (tertiary alicyclic amines) is 1. The second-order valence-electron chi connectivity index (χ2n) is 6.97. The molecule has 2 fully saturated rings. The van der Waals surface area contributed by atoms with E-state index in [0.29, 0.717) is 11.6 Å². The molecule has 2 aromatic rings. The zero-order chi connectivity index (χ0) is 16.5. The van der Waals surface area contributed by atoms with Crippen molar-refractivity contribution in [1.82, 2.24) is 15.0 Å². The lowest BCUT2D eigenvalue weighted by Crippen LogP contribution is -2.39. The molecule has 24 heavy (non-hydrogen) atoms. The Hall–Kier alpha value is -2.14. The Balaban J connectivity index is 1.36. The Morgan fingerprint density at radius 1 is 1.29 bits per heavy atom. The molecule has 1 aromatic carbocycles. The number of aromatic nitrogens is 1. The summed E-state index contributed by atoms with van der Waals surface area (Å²) in [6, 6.07) is 12.5. The molecule has 1 aliphatic carbocycles. The molecular formula is C19H23N3O2. The highest BCUT2D eigenvalue weighted by atomic mass is 16.5. The fourth-order valence-corrected chi connectivity index (χ4v) is 3.41. The van der Waals surface area contributed by atoms with Crippen molar-refractivity contribution in [2.45, 2.75) is 37.8 Å². The van der Waals surface area contributed by atoms with Crippen LogP contribution in [0.25, 0.3) is 0 Å². The number of likely N-dealkylation sites (N-methyl/N-ethyl adjacent to an activating group) is 1. The van der Waals surface area contributed by atoms with Crippen molar-refractivity contribution in [1.29, 1.82) is 0 Å². The van der Waals surface area contributed by atoms with Crippen LogP contribution in [0, 0.1) is 0 Å². The lowest BCUT2D eigenvalue weighted by molar-refractivity contribution is 0.0724. The summed E-state index contributed by atoms with van der Waals surface area (Å²) in [6.07, 6.45) is 3.30. The van der Waals surface area contributed by atoms with E-state index in [1.165, 1.54) is 5.56 Å². The van der Waals surface area contributed by atoms with Gasteiger partial charge in [0.25, 0.3) is 5.91 Å². The topological polar surface area (TPSA) is 49.6 Å². The van der Waals surface area contributed by atoms with Gasteiger partial charge >= 0.3 is 0 Å². The summed E-state index contributed by atoms with van der Waals surface area (Å²) >= 11 is 0. The second kappa shape index (κ2) is 6.40. The summed E-state index contributed by atoms with van der Waals surface area (Å²) in [5.41, 5.74) is 1.76. The normalized spacial score (nSPS) is 21.1. The number of nitrogens with zero attached hydrogens (tertiary/aromatic N) is 3. The number of hydrogen-bond donors (Lipinski definition) is 0. The Morgan fingerprint density at radius 2 is 2.08 bits per heavy atom.